The van der Waals surface area contributed by atoms with E-state index in [9.17, 15) is 13.2 Å². The summed E-state index contributed by atoms with van der Waals surface area (Å²) < 4.78 is 35.1. The Morgan fingerprint density at radius 3 is 2.36 bits per heavy atom. The Bertz CT molecular complexity index is 1190. The third-order valence-electron chi connectivity index (χ3n) is 4.40. The Kier molecular flexibility index (Phi) is 4.52. The number of ketones is 1. The third-order valence-corrected chi connectivity index (χ3v) is 5.51. The van der Waals surface area contributed by atoms with Crippen LogP contribution in [0.1, 0.15) is 17.2 Å². The summed E-state index contributed by atoms with van der Waals surface area (Å²) in [5.41, 5.74) is 6.87. The summed E-state index contributed by atoms with van der Waals surface area (Å²) in [6.45, 7) is 0. The molecule has 0 aliphatic carbocycles. The molecule has 0 saturated heterocycles. The largest absolute Gasteiger partial charge is 0.460 e. The minimum Gasteiger partial charge on any atom is -0.460 e. The zero-order valence-electron chi connectivity index (χ0n) is 14.7. The summed E-state index contributed by atoms with van der Waals surface area (Å²) in [4.78, 5) is 12.7. The van der Waals surface area contributed by atoms with Gasteiger partial charge in [-0.15, -0.1) is 0 Å². The van der Waals surface area contributed by atoms with Crippen LogP contribution in [-0.4, -0.2) is 14.2 Å². The number of benzene rings is 3. The Hall–Kier alpha value is -3.32. The first-order chi connectivity index (χ1) is 13.4. The van der Waals surface area contributed by atoms with E-state index < -0.39 is 27.8 Å². The smallest absolute Gasteiger partial charge is 0.313 e. The van der Waals surface area contributed by atoms with Crippen LogP contribution in [0.5, 0.6) is 0 Å². The Morgan fingerprint density at radius 1 is 0.929 bits per heavy atom. The maximum atomic E-state index is 12.7. The SMILES string of the molecule is NC1=C(OS(=O)(=O)Cc2ccccc2)C(=O)C(c2ccc3ccccc3c2)O1. The lowest BCUT2D eigenvalue weighted by molar-refractivity contribution is -0.123. The zero-order chi connectivity index (χ0) is 19.7. The molecule has 2 N–H and O–H groups in total. The average molecular weight is 395 g/mol. The van der Waals surface area contributed by atoms with Gasteiger partial charge in [0.05, 0.1) is 0 Å². The van der Waals surface area contributed by atoms with E-state index in [1.54, 1.807) is 36.4 Å². The normalized spacial score (nSPS) is 17.0. The molecular formula is C21H17NO5S. The number of hydrogen-bond acceptors (Lipinski definition) is 6. The van der Waals surface area contributed by atoms with E-state index in [1.165, 1.54) is 0 Å². The van der Waals surface area contributed by atoms with Crippen molar-refractivity contribution in [2.45, 2.75) is 11.9 Å². The predicted octanol–water partition coefficient (Wildman–Crippen LogP) is 3.15. The lowest BCUT2D eigenvalue weighted by Gasteiger charge is -2.11. The third kappa shape index (κ3) is 3.57. The molecule has 6 nitrogen and oxygen atoms in total. The van der Waals surface area contributed by atoms with Crippen molar-refractivity contribution in [3.05, 3.63) is 95.6 Å². The molecule has 3 aromatic rings. The van der Waals surface area contributed by atoms with Gasteiger partial charge in [0, 0.05) is 5.56 Å². The summed E-state index contributed by atoms with van der Waals surface area (Å²) in [6, 6.07) is 21.6. The number of hydrogen-bond donors (Lipinski definition) is 1. The van der Waals surface area contributed by atoms with Crippen molar-refractivity contribution in [3.8, 4) is 0 Å². The fourth-order valence-corrected chi connectivity index (χ4v) is 4.16. The van der Waals surface area contributed by atoms with Crippen molar-refractivity contribution < 1.29 is 22.1 Å². The molecule has 0 fully saturated rings. The van der Waals surface area contributed by atoms with Crippen LogP contribution in [0.15, 0.2) is 84.4 Å². The Morgan fingerprint density at radius 2 is 1.61 bits per heavy atom. The topological polar surface area (TPSA) is 95.7 Å². The standard InChI is InChI=1S/C21H17NO5S/c22-21-20(27-28(24,25)13-14-6-2-1-3-7-14)18(23)19(26-21)17-11-10-15-8-4-5-9-16(15)12-17/h1-12,19H,13,22H2. The minimum atomic E-state index is -4.06. The van der Waals surface area contributed by atoms with Crippen molar-refractivity contribution >= 4 is 26.7 Å². The number of fused-ring (bicyclic) bond motifs is 1. The number of Topliss-reactive ketones (excluding diaryl/α,β-unsaturated/α-hetero) is 1. The fourth-order valence-electron chi connectivity index (χ4n) is 3.08. The average Bonchev–Trinajstić information content (AvgIpc) is 2.96. The second-order valence-corrected chi connectivity index (χ2v) is 8.00. The molecule has 1 aliphatic rings. The maximum absolute atomic E-state index is 12.7. The summed E-state index contributed by atoms with van der Waals surface area (Å²) in [7, 11) is -4.06. The van der Waals surface area contributed by atoms with Gasteiger partial charge in [-0.05, 0) is 22.4 Å². The second-order valence-electron chi connectivity index (χ2n) is 6.43. The van der Waals surface area contributed by atoms with Crippen molar-refractivity contribution in [3.63, 3.8) is 0 Å². The van der Waals surface area contributed by atoms with Gasteiger partial charge in [-0.1, -0.05) is 66.7 Å². The van der Waals surface area contributed by atoms with E-state index in [0.29, 0.717) is 11.1 Å². The lowest BCUT2D eigenvalue weighted by Crippen LogP contribution is -2.16. The number of carbonyl (C=O) groups is 1. The number of carbonyl (C=O) groups excluding carboxylic acids is 1. The van der Waals surface area contributed by atoms with Crippen LogP contribution >= 0.6 is 0 Å². The molecule has 3 aromatic carbocycles. The van der Waals surface area contributed by atoms with Gasteiger partial charge in [-0.25, -0.2) is 0 Å². The Labute approximate surface area is 162 Å². The van der Waals surface area contributed by atoms with Gasteiger partial charge < -0.3 is 14.7 Å². The number of ether oxygens (including phenoxy) is 1. The summed E-state index contributed by atoms with van der Waals surface area (Å²) in [5, 5.41) is 1.94. The van der Waals surface area contributed by atoms with Crippen LogP contribution in [-0.2, 0) is 29.6 Å². The highest BCUT2D eigenvalue weighted by Gasteiger charge is 2.39. The summed E-state index contributed by atoms with van der Waals surface area (Å²) in [5.74, 6) is -1.81. The molecule has 1 atom stereocenters. The van der Waals surface area contributed by atoms with Crippen molar-refractivity contribution in [1.82, 2.24) is 0 Å². The van der Waals surface area contributed by atoms with E-state index in [1.807, 2.05) is 36.4 Å². The molecule has 28 heavy (non-hydrogen) atoms. The van der Waals surface area contributed by atoms with Crippen LogP contribution in [0.3, 0.4) is 0 Å². The van der Waals surface area contributed by atoms with E-state index in [4.69, 9.17) is 14.7 Å². The lowest BCUT2D eigenvalue weighted by atomic mass is 10.0. The molecule has 0 bridgehead atoms. The number of nitrogens with two attached hydrogens (primary N) is 1. The molecule has 0 aromatic heterocycles. The molecule has 0 amide bonds. The molecular weight excluding hydrogens is 378 g/mol. The molecule has 0 spiro atoms. The maximum Gasteiger partial charge on any atom is 0.313 e. The van der Waals surface area contributed by atoms with Gasteiger partial charge in [-0.2, -0.15) is 8.42 Å². The van der Waals surface area contributed by atoms with E-state index in [2.05, 4.69) is 0 Å². The molecule has 0 saturated carbocycles. The summed E-state index contributed by atoms with van der Waals surface area (Å²) in [6.07, 6.45) is -1.04. The fraction of sp³-hybridized carbons (Fsp3) is 0.0952. The molecule has 4 rings (SSSR count). The van der Waals surface area contributed by atoms with E-state index in [-0.39, 0.29) is 11.6 Å². The van der Waals surface area contributed by atoms with Crippen LogP contribution in [0, 0.1) is 0 Å². The molecule has 142 valence electrons. The highest BCUT2D eigenvalue weighted by atomic mass is 32.2. The van der Waals surface area contributed by atoms with Crippen molar-refractivity contribution in [2.75, 3.05) is 0 Å². The van der Waals surface area contributed by atoms with Gasteiger partial charge in [-0.3, -0.25) is 4.79 Å². The highest BCUT2D eigenvalue weighted by Crippen LogP contribution is 2.34. The van der Waals surface area contributed by atoms with Crippen molar-refractivity contribution in [2.24, 2.45) is 5.73 Å². The second kappa shape index (κ2) is 7.01. The highest BCUT2D eigenvalue weighted by molar-refractivity contribution is 7.86. The molecule has 1 unspecified atom stereocenters. The van der Waals surface area contributed by atoms with Crippen LogP contribution < -0.4 is 5.73 Å². The molecule has 0 radical (unpaired) electrons. The predicted molar refractivity (Wildman–Crippen MR) is 104 cm³/mol. The molecule has 7 heteroatoms. The molecule has 1 heterocycles. The van der Waals surface area contributed by atoms with Gasteiger partial charge in [0.15, 0.2) is 6.10 Å². The van der Waals surface area contributed by atoms with Gasteiger partial charge >= 0.3 is 10.1 Å². The van der Waals surface area contributed by atoms with Crippen LogP contribution in [0.25, 0.3) is 10.8 Å². The van der Waals surface area contributed by atoms with Crippen LogP contribution in [0.2, 0.25) is 0 Å². The van der Waals surface area contributed by atoms with Gasteiger partial charge in [0.1, 0.15) is 5.75 Å². The van der Waals surface area contributed by atoms with Crippen molar-refractivity contribution in [1.29, 1.82) is 0 Å². The van der Waals surface area contributed by atoms with Gasteiger partial charge in [0.2, 0.25) is 17.4 Å². The minimum absolute atomic E-state index is 0.334. The summed E-state index contributed by atoms with van der Waals surface area (Å²) >= 11 is 0. The zero-order valence-corrected chi connectivity index (χ0v) is 15.6. The van der Waals surface area contributed by atoms with Crippen LogP contribution in [0.4, 0.5) is 0 Å². The van der Waals surface area contributed by atoms with Gasteiger partial charge in [0.25, 0.3) is 0 Å². The quantitative estimate of drug-likeness (QED) is 0.667. The number of rotatable bonds is 5. The Balaban J connectivity index is 1.56. The first-order valence-electron chi connectivity index (χ1n) is 8.58. The first kappa shape index (κ1) is 18.1. The molecule has 1 aliphatic heterocycles. The first-order valence-corrected chi connectivity index (χ1v) is 10.2. The monoisotopic (exact) mass is 395 g/mol. The van der Waals surface area contributed by atoms with E-state index >= 15 is 0 Å². The van der Waals surface area contributed by atoms with E-state index in [0.717, 1.165) is 10.8 Å².